The third kappa shape index (κ3) is 3.76. The van der Waals surface area contributed by atoms with Crippen LogP contribution >= 0.6 is 0 Å². The molecule has 1 atom stereocenters. The summed E-state index contributed by atoms with van der Waals surface area (Å²) >= 11 is 0. The normalized spacial score (nSPS) is 18.0. The first kappa shape index (κ1) is 20.3. The number of ether oxygens (including phenoxy) is 1. The Balaban J connectivity index is 1.43. The van der Waals surface area contributed by atoms with Gasteiger partial charge >= 0.3 is 0 Å². The largest absolute Gasteiger partial charge is 0.477 e. The van der Waals surface area contributed by atoms with Gasteiger partial charge in [-0.25, -0.2) is 9.88 Å². The number of piperazine rings is 1. The smallest absolute Gasteiger partial charge is 0.269 e. The number of pyridine rings is 1. The summed E-state index contributed by atoms with van der Waals surface area (Å²) in [7, 11) is 0. The molecule has 3 heterocycles. The first-order valence-corrected chi connectivity index (χ1v) is 10.2. The summed E-state index contributed by atoms with van der Waals surface area (Å²) in [4.78, 5) is 35.3. The van der Waals surface area contributed by atoms with Crippen LogP contribution in [0.2, 0.25) is 0 Å². The van der Waals surface area contributed by atoms with Crippen LogP contribution in [0, 0.1) is 6.92 Å². The van der Waals surface area contributed by atoms with Crippen LogP contribution in [-0.4, -0.2) is 77.3 Å². The van der Waals surface area contributed by atoms with Crippen LogP contribution < -0.4 is 9.64 Å². The van der Waals surface area contributed by atoms with Gasteiger partial charge in [0.1, 0.15) is 11.8 Å². The maximum absolute atomic E-state index is 12.9. The highest BCUT2D eigenvalue weighted by Crippen LogP contribution is 2.31. The van der Waals surface area contributed by atoms with Gasteiger partial charge in [-0.3, -0.25) is 14.5 Å². The average molecular weight is 410 g/mol. The van der Waals surface area contributed by atoms with Gasteiger partial charge in [0.15, 0.2) is 0 Å². The number of rotatable bonds is 6. The number of imide groups is 1. The zero-order valence-corrected chi connectivity index (χ0v) is 17.2. The van der Waals surface area contributed by atoms with E-state index in [9.17, 15) is 14.7 Å². The minimum absolute atomic E-state index is 0.139. The molecule has 8 nitrogen and oxygen atoms in total. The third-order valence-electron chi connectivity index (χ3n) is 5.49. The number of anilines is 1. The number of carbonyl (C=O) groups excluding carboxylic acids is 2. The monoisotopic (exact) mass is 410 g/mol. The van der Waals surface area contributed by atoms with Gasteiger partial charge in [-0.05, 0) is 32.0 Å². The van der Waals surface area contributed by atoms with Crippen LogP contribution in [0.1, 0.15) is 33.3 Å². The van der Waals surface area contributed by atoms with Gasteiger partial charge in [-0.2, -0.15) is 0 Å². The summed E-state index contributed by atoms with van der Waals surface area (Å²) in [6, 6.07) is 11.8. The van der Waals surface area contributed by atoms with Crippen molar-refractivity contribution in [1.82, 2.24) is 14.8 Å². The number of amides is 2. The highest BCUT2D eigenvalue weighted by molar-refractivity contribution is 6.22. The lowest BCUT2D eigenvalue weighted by atomic mass is 10.1. The summed E-state index contributed by atoms with van der Waals surface area (Å²) < 4.78 is 5.47. The number of aryl methyl sites for hydroxylation is 1. The second kappa shape index (κ2) is 8.41. The van der Waals surface area contributed by atoms with Gasteiger partial charge in [0.25, 0.3) is 11.8 Å². The molecule has 30 heavy (non-hydrogen) atoms. The van der Waals surface area contributed by atoms with Gasteiger partial charge in [0.05, 0.1) is 12.2 Å². The molecular formula is C22H26N4O4. The van der Waals surface area contributed by atoms with Crippen molar-refractivity contribution < 1.29 is 19.4 Å². The van der Waals surface area contributed by atoms with E-state index in [1.165, 1.54) is 5.69 Å². The number of aromatic nitrogens is 1. The van der Waals surface area contributed by atoms with Crippen molar-refractivity contribution in [3.63, 3.8) is 0 Å². The standard InChI is InChI=1S/C22H26N4O4/c1-3-30-20-19-17(13-15(2)23-20)21(28)26(22(19)29)18(27)14-24-9-11-25(12-10-24)16-7-5-4-6-8-16/h4-8,13,18,27H,3,9-12,14H2,1-2H3. The van der Waals surface area contributed by atoms with Gasteiger partial charge < -0.3 is 14.7 Å². The Morgan fingerprint density at radius 1 is 1.10 bits per heavy atom. The van der Waals surface area contributed by atoms with Crippen LogP contribution in [0.4, 0.5) is 5.69 Å². The zero-order valence-electron chi connectivity index (χ0n) is 17.2. The molecule has 2 aliphatic rings. The molecule has 158 valence electrons. The topological polar surface area (TPSA) is 86.2 Å². The van der Waals surface area contributed by atoms with E-state index in [1.54, 1.807) is 19.9 Å². The maximum Gasteiger partial charge on any atom is 0.269 e. The Labute approximate surface area is 175 Å². The molecule has 0 spiro atoms. The van der Waals surface area contributed by atoms with E-state index in [4.69, 9.17) is 4.74 Å². The average Bonchev–Trinajstić information content (AvgIpc) is 2.99. The lowest BCUT2D eigenvalue weighted by molar-refractivity contribution is -0.00258. The number of benzene rings is 1. The van der Waals surface area contributed by atoms with E-state index in [1.807, 2.05) is 18.2 Å². The number of hydrogen-bond donors (Lipinski definition) is 1. The van der Waals surface area contributed by atoms with Crippen molar-refractivity contribution in [2.75, 3.05) is 44.2 Å². The fourth-order valence-corrected chi connectivity index (χ4v) is 4.01. The van der Waals surface area contributed by atoms with Gasteiger partial charge in [0, 0.05) is 44.1 Å². The van der Waals surface area contributed by atoms with Crippen molar-refractivity contribution in [1.29, 1.82) is 0 Å². The molecule has 1 N–H and O–H groups in total. The molecule has 4 rings (SSSR count). The number of aliphatic hydroxyl groups excluding tert-OH is 1. The maximum atomic E-state index is 12.9. The molecule has 1 saturated heterocycles. The predicted octanol–water partition coefficient (Wildman–Crippen LogP) is 1.53. The molecule has 1 fully saturated rings. The highest BCUT2D eigenvalue weighted by Gasteiger charge is 2.43. The van der Waals surface area contributed by atoms with Gasteiger partial charge in [0.2, 0.25) is 5.88 Å². The zero-order chi connectivity index (χ0) is 21.3. The summed E-state index contributed by atoms with van der Waals surface area (Å²) in [5, 5.41) is 10.8. The molecule has 2 aromatic rings. The number of nitrogens with zero attached hydrogens (tertiary/aromatic N) is 4. The summed E-state index contributed by atoms with van der Waals surface area (Å²) in [5.41, 5.74) is 2.14. The van der Waals surface area contributed by atoms with Crippen molar-refractivity contribution in [3.05, 3.63) is 53.2 Å². The Kier molecular flexibility index (Phi) is 5.69. The SMILES string of the molecule is CCOc1nc(C)cc2c1C(=O)N(C(O)CN1CCN(c3ccccc3)CC1)C2=O. The lowest BCUT2D eigenvalue weighted by Gasteiger charge is -2.37. The molecule has 0 bridgehead atoms. The van der Waals surface area contributed by atoms with E-state index in [0.29, 0.717) is 12.3 Å². The number of para-hydroxylation sites is 1. The molecule has 2 amide bonds. The quantitative estimate of drug-likeness (QED) is 0.723. The second-order valence-electron chi connectivity index (χ2n) is 7.51. The van der Waals surface area contributed by atoms with Crippen molar-refractivity contribution in [3.8, 4) is 5.88 Å². The van der Waals surface area contributed by atoms with E-state index < -0.39 is 18.0 Å². The number of carbonyl (C=O) groups is 2. The molecule has 0 saturated carbocycles. The van der Waals surface area contributed by atoms with E-state index in [0.717, 1.165) is 31.1 Å². The van der Waals surface area contributed by atoms with Crippen LogP contribution in [0.3, 0.4) is 0 Å². The first-order chi connectivity index (χ1) is 14.5. The van der Waals surface area contributed by atoms with E-state index >= 15 is 0 Å². The first-order valence-electron chi connectivity index (χ1n) is 10.2. The predicted molar refractivity (Wildman–Crippen MR) is 112 cm³/mol. The van der Waals surface area contributed by atoms with Crippen LogP contribution in [-0.2, 0) is 0 Å². The Morgan fingerprint density at radius 2 is 1.80 bits per heavy atom. The molecule has 8 heteroatoms. The van der Waals surface area contributed by atoms with E-state index in [-0.39, 0.29) is 23.6 Å². The molecule has 1 unspecified atom stereocenters. The second-order valence-corrected chi connectivity index (χ2v) is 7.51. The molecular weight excluding hydrogens is 384 g/mol. The molecule has 2 aliphatic heterocycles. The third-order valence-corrected chi connectivity index (χ3v) is 5.49. The summed E-state index contributed by atoms with van der Waals surface area (Å²) in [6.45, 7) is 7.18. The number of aliphatic hydroxyl groups is 1. The van der Waals surface area contributed by atoms with Crippen molar-refractivity contribution in [2.45, 2.75) is 20.1 Å². The van der Waals surface area contributed by atoms with Gasteiger partial charge in [-0.15, -0.1) is 0 Å². The summed E-state index contributed by atoms with van der Waals surface area (Å²) in [5.74, 6) is -0.907. The molecule has 0 radical (unpaired) electrons. The fourth-order valence-electron chi connectivity index (χ4n) is 4.01. The number of β-amino-alcohol motifs (C(OH)–C–C–N with tert-alkyl or cyclic N) is 1. The van der Waals surface area contributed by atoms with Gasteiger partial charge in [-0.1, -0.05) is 18.2 Å². The minimum atomic E-state index is -1.23. The van der Waals surface area contributed by atoms with Crippen LogP contribution in [0.25, 0.3) is 0 Å². The number of fused-ring (bicyclic) bond motifs is 1. The Hall–Kier alpha value is -2.97. The Bertz CT molecular complexity index is 942. The Morgan fingerprint density at radius 3 is 2.47 bits per heavy atom. The summed E-state index contributed by atoms with van der Waals surface area (Å²) in [6.07, 6.45) is -1.23. The van der Waals surface area contributed by atoms with Crippen molar-refractivity contribution in [2.24, 2.45) is 0 Å². The molecule has 0 aliphatic carbocycles. The molecule has 1 aromatic heterocycles. The number of hydrogen-bond acceptors (Lipinski definition) is 7. The lowest BCUT2D eigenvalue weighted by Crippen LogP contribution is -2.52. The van der Waals surface area contributed by atoms with E-state index in [2.05, 4.69) is 26.9 Å². The van der Waals surface area contributed by atoms with Crippen LogP contribution in [0.15, 0.2) is 36.4 Å². The molecule has 1 aromatic carbocycles. The minimum Gasteiger partial charge on any atom is -0.477 e. The highest BCUT2D eigenvalue weighted by atomic mass is 16.5. The van der Waals surface area contributed by atoms with Crippen LogP contribution in [0.5, 0.6) is 5.88 Å². The van der Waals surface area contributed by atoms with Crippen molar-refractivity contribution >= 4 is 17.5 Å². The fraction of sp³-hybridized carbons (Fsp3) is 0.409.